The van der Waals surface area contributed by atoms with Crippen molar-refractivity contribution in [1.82, 2.24) is 15.6 Å². The predicted molar refractivity (Wildman–Crippen MR) is 77.9 cm³/mol. The monoisotopic (exact) mass is 285 g/mol. The average molecular weight is 285 g/mol. The molecule has 0 saturated carbocycles. The van der Waals surface area contributed by atoms with Gasteiger partial charge in [0.05, 0.1) is 17.3 Å². The smallest absolute Gasteiger partial charge is 0.263 e. The van der Waals surface area contributed by atoms with Crippen molar-refractivity contribution in [2.45, 2.75) is 26.7 Å². The number of ether oxygens (including phenoxy) is 1. The van der Waals surface area contributed by atoms with Crippen LogP contribution in [0.4, 0.5) is 0 Å². The van der Waals surface area contributed by atoms with Gasteiger partial charge in [-0.2, -0.15) is 0 Å². The Morgan fingerprint density at radius 2 is 2.16 bits per heavy atom. The molecular weight excluding hydrogens is 262 g/mol. The van der Waals surface area contributed by atoms with Crippen LogP contribution >= 0.6 is 11.3 Å². The molecule has 0 aliphatic heterocycles. The van der Waals surface area contributed by atoms with Gasteiger partial charge in [-0.05, 0) is 19.8 Å². The highest BCUT2D eigenvalue weighted by atomic mass is 32.1. The number of aryl methyl sites for hydroxylation is 2. The van der Waals surface area contributed by atoms with Gasteiger partial charge < -0.3 is 15.4 Å². The molecule has 5 nitrogen and oxygen atoms in total. The lowest BCUT2D eigenvalue weighted by Crippen LogP contribution is -2.33. The maximum absolute atomic E-state index is 12.0. The highest BCUT2D eigenvalue weighted by molar-refractivity contribution is 7.13. The van der Waals surface area contributed by atoms with E-state index in [1.165, 1.54) is 11.3 Å². The van der Waals surface area contributed by atoms with Gasteiger partial charge in [0.1, 0.15) is 4.88 Å². The zero-order valence-corrected chi connectivity index (χ0v) is 12.7. The van der Waals surface area contributed by atoms with E-state index >= 15 is 0 Å². The van der Waals surface area contributed by atoms with Crippen LogP contribution in [0.25, 0.3) is 0 Å². The SMILES string of the molecule is CCCc1nc(C)c(C(=O)NCCNCCOC)s1. The first-order chi connectivity index (χ1) is 9.19. The van der Waals surface area contributed by atoms with Crippen LogP contribution in [0.2, 0.25) is 0 Å². The third kappa shape index (κ3) is 5.67. The van der Waals surface area contributed by atoms with E-state index in [0.29, 0.717) is 13.2 Å². The van der Waals surface area contributed by atoms with Gasteiger partial charge in [0, 0.05) is 26.7 Å². The number of carbonyl (C=O) groups excluding carboxylic acids is 1. The molecule has 0 bridgehead atoms. The van der Waals surface area contributed by atoms with Gasteiger partial charge in [-0.1, -0.05) is 6.92 Å². The summed E-state index contributed by atoms with van der Waals surface area (Å²) in [4.78, 5) is 17.1. The number of hydrogen-bond acceptors (Lipinski definition) is 5. The largest absolute Gasteiger partial charge is 0.383 e. The van der Waals surface area contributed by atoms with Gasteiger partial charge >= 0.3 is 0 Å². The van der Waals surface area contributed by atoms with Crippen LogP contribution in [-0.4, -0.2) is 44.2 Å². The van der Waals surface area contributed by atoms with Gasteiger partial charge in [-0.25, -0.2) is 4.98 Å². The minimum absolute atomic E-state index is 0.0223. The molecule has 0 aliphatic rings. The van der Waals surface area contributed by atoms with Crippen LogP contribution in [0, 0.1) is 6.92 Å². The topological polar surface area (TPSA) is 63.2 Å². The minimum atomic E-state index is -0.0223. The zero-order valence-electron chi connectivity index (χ0n) is 11.9. The Kier molecular flexibility index (Phi) is 7.62. The summed E-state index contributed by atoms with van der Waals surface area (Å²) in [7, 11) is 1.67. The summed E-state index contributed by atoms with van der Waals surface area (Å²) in [6.07, 6.45) is 1.99. The quantitative estimate of drug-likeness (QED) is 0.673. The number of rotatable bonds is 9. The van der Waals surface area contributed by atoms with Crippen LogP contribution in [0.5, 0.6) is 0 Å². The van der Waals surface area contributed by atoms with E-state index in [1.54, 1.807) is 7.11 Å². The first-order valence-corrected chi connectivity index (χ1v) is 7.44. The van der Waals surface area contributed by atoms with Gasteiger partial charge in [-0.3, -0.25) is 4.79 Å². The van der Waals surface area contributed by atoms with E-state index in [9.17, 15) is 4.79 Å². The lowest BCUT2D eigenvalue weighted by Gasteiger charge is -2.05. The maximum Gasteiger partial charge on any atom is 0.263 e. The number of methoxy groups -OCH3 is 1. The van der Waals surface area contributed by atoms with Crippen molar-refractivity contribution in [3.05, 3.63) is 15.6 Å². The Hall–Kier alpha value is -0.980. The Bertz CT molecular complexity index is 393. The van der Waals surface area contributed by atoms with Gasteiger partial charge in [0.25, 0.3) is 5.91 Å². The lowest BCUT2D eigenvalue weighted by atomic mass is 10.3. The average Bonchev–Trinajstić information content (AvgIpc) is 2.75. The summed E-state index contributed by atoms with van der Waals surface area (Å²) in [5.41, 5.74) is 0.832. The number of thiazole rings is 1. The fourth-order valence-electron chi connectivity index (χ4n) is 1.63. The molecule has 1 rings (SSSR count). The molecular formula is C13H23N3O2S. The van der Waals surface area contributed by atoms with Crippen molar-refractivity contribution in [2.75, 3.05) is 33.4 Å². The third-order valence-corrected chi connectivity index (χ3v) is 3.80. The Balaban J connectivity index is 2.32. The molecule has 2 N–H and O–H groups in total. The molecule has 0 fully saturated rings. The molecule has 0 saturated heterocycles. The van der Waals surface area contributed by atoms with Crippen molar-refractivity contribution in [3.8, 4) is 0 Å². The molecule has 0 atom stereocenters. The predicted octanol–water partition coefficient (Wildman–Crippen LogP) is 1.37. The van der Waals surface area contributed by atoms with E-state index in [4.69, 9.17) is 4.74 Å². The second kappa shape index (κ2) is 9.01. The molecule has 1 aromatic rings. The van der Waals surface area contributed by atoms with E-state index in [0.717, 1.165) is 41.5 Å². The zero-order chi connectivity index (χ0) is 14.1. The summed E-state index contributed by atoms with van der Waals surface area (Å²) < 4.78 is 4.92. The van der Waals surface area contributed by atoms with Crippen molar-refractivity contribution < 1.29 is 9.53 Å². The molecule has 6 heteroatoms. The van der Waals surface area contributed by atoms with Crippen molar-refractivity contribution in [3.63, 3.8) is 0 Å². The summed E-state index contributed by atoms with van der Waals surface area (Å²) in [5.74, 6) is -0.0223. The number of carbonyl (C=O) groups is 1. The van der Waals surface area contributed by atoms with Crippen molar-refractivity contribution >= 4 is 17.2 Å². The summed E-state index contributed by atoms with van der Waals surface area (Å²) in [5, 5.41) is 7.13. The lowest BCUT2D eigenvalue weighted by molar-refractivity contribution is 0.0957. The number of aromatic nitrogens is 1. The molecule has 1 amide bonds. The minimum Gasteiger partial charge on any atom is -0.383 e. The molecule has 0 radical (unpaired) electrons. The second-order valence-electron chi connectivity index (χ2n) is 4.27. The number of hydrogen-bond donors (Lipinski definition) is 2. The molecule has 19 heavy (non-hydrogen) atoms. The molecule has 1 heterocycles. The molecule has 0 aliphatic carbocycles. The van der Waals surface area contributed by atoms with Gasteiger partial charge in [-0.15, -0.1) is 11.3 Å². The van der Waals surface area contributed by atoms with Gasteiger partial charge in [0.15, 0.2) is 0 Å². The van der Waals surface area contributed by atoms with Crippen LogP contribution in [-0.2, 0) is 11.2 Å². The van der Waals surface area contributed by atoms with Crippen LogP contribution < -0.4 is 10.6 Å². The maximum atomic E-state index is 12.0. The fourth-order valence-corrected chi connectivity index (χ4v) is 2.71. The fraction of sp³-hybridized carbons (Fsp3) is 0.692. The third-order valence-electron chi connectivity index (χ3n) is 2.58. The van der Waals surface area contributed by atoms with Crippen LogP contribution in [0.3, 0.4) is 0 Å². The highest BCUT2D eigenvalue weighted by Crippen LogP contribution is 2.18. The van der Waals surface area contributed by atoms with Gasteiger partial charge in [0.2, 0.25) is 0 Å². The first-order valence-electron chi connectivity index (χ1n) is 6.63. The second-order valence-corrected chi connectivity index (χ2v) is 5.35. The summed E-state index contributed by atoms with van der Waals surface area (Å²) in [6, 6.07) is 0. The van der Waals surface area contributed by atoms with E-state index < -0.39 is 0 Å². The molecule has 0 aromatic carbocycles. The molecule has 108 valence electrons. The van der Waals surface area contributed by atoms with E-state index in [1.807, 2.05) is 6.92 Å². The molecule has 1 aromatic heterocycles. The number of nitrogens with zero attached hydrogens (tertiary/aromatic N) is 1. The van der Waals surface area contributed by atoms with E-state index in [2.05, 4.69) is 22.5 Å². The molecule has 0 unspecified atom stereocenters. The number of nitrogens with one attached hydrogen (secondary N) is 2. The van der Waals surface area contributed by atoms with E-state index in [-0.39, 0.29) is 5.91 Å². The normalized spacial score (nSPS) is 10.7. The van der Waals surface area contributed by atoms with Crippen molar-refractivity contribution in [1.29, 1.82) is 0 Å². The van der Waals surface area contributed by atoms with Crippen molar-refractivity contribution in [2.24, 2.45) is 0 Å². The standard InChI is InChI=1S/C13H23N3O2S/c1-4-5-11-16-10(2)12(19-11)13(17)15-7-6-14-8-9-18-3/h14H,4-9H2,1-3H3,(H,15,17). The Labute approximate surface area is 118 Å². The Morgan fingerprint density at radius 3 is 2.84 bits per heavy atom. The summed E-state index contributed by atoms with van der Waals surface area (Å²) in [6.45, 7) is 6.84. The summed E-state index contributed by atoms with van der Waals surface area (Å²) >= 11 is 1.50. The van der Waals surface area contributed by atoms with Crippen LogP contribution in [0.15, 0.2) is 0 Å². The van der Waals surface area contributed by atoms with Crippen LogP contribution in [0.1, 0.15) is 33.7 Å². The first kappa shape index (κ1) is 16.1. The highest BCUT2D eigenvalue weighted by Gasteiger charge is 2.14. The Morgan fingerprint density at radius 1 is 1.37 bits per heavy atom. The number of amides is 1. The molecule has 0 spiro atoms.